The van der Waals surface area contributed by atoms with E-state index in [1.165, 1.54) is 18.4 Å². The number of nitrogens with zero attached hydrogens (tertiary/aromatic N) is 1. The normalized spacial score (nSPS) is 14.2. The molecule has 0 radical (unpaired) electrons. The topological polar surface area (TPSA) is 29.9 Å². The first-order chi connectivity index (χ1) is 6.31. The maximum absolute atomic E-state index is 5.76. The molecule has 2 nitrogen and oxygen atoms in total. The number of pyridine rings is 1. The fraction of sp³-hybridized carbons (Fsp3) is 0.364. The van der Waals surface area contributed by atoms with Crippen molar-refractivity contribution in [2.75, 3.05) is 5.73 Å². The summed E-state index contributed by atoms with van der Waals surface area (Å²) in [5.74, 6) is 4.09. The molecule has 0 aromatic carbocycles. The Balaban J connectivity index is 0.000000980. The minimum Gasteiger partial charge on any atom is -1.00 e. The molecule has 3 heteroatoms. The van der Waals surface area contributed by atoms with E-state index in [-0.39, 0.29) is 17.0 Å². The molecule has 14 heavy (non-hydrogen) atoms. The van der Waals surface area contributed by atoms with Crippen LogP contribution in [0.4, 0.5) is 5.82 Å². The number of hydrogen-bond donors (Lipinski definition) is 1. The van der Waals surface area contributed by atoms with Gasteiger partial charge in [-0.25, -0.2) is 4.57 Å². The van der Waals surface area contributed by atoms with Crippen LogP contribution in [0.5, 0.6) is 0 Å². The quantitative estimate of drug-likeness (QED) is 0.483. The van der Waals surface area contributed by atoms with Crippen LogP contribution in [0.3, 0.4) is 0 Å². The van der Waals surface area contributed by atoms with Crippen LogP contribution in [0.1, 0.15) is 24.3 Å². The highest BCUT2D eigenvalue weighted by Gasteiger charge is 2.25. The van der Waals surface area contributed by atoms with Gasteiger partial charge >= 0.3 is 0 Å². The Hall–Kier alpha value is -1.01. The standard InChI is InChI=1S/C11H12N2.BrH/c1-2-7-13-8-10(9-3-4-9)5-6-11(13)12;/h1,5-6,8-9,12H,3-4,7H2;1H. The van der Waals surface area contributed by atoms with E-state index in [4.69, 9.17) is 12.2 Å². The fourth-order valence-corrected chi connectivity index (χ4v) is 1.47. The molecule has 1 heterocycles. The lowest BCUT2D eigenvalue weighted by molar-refractivity contribution is -0.670. The van der Waals surface area contributed by atoms with Crippen molar-refractivity contribution in [2.45, 2.75) is 25.3 Å². The van der Waals surface area contributed by atoms with Crippen LogP contribution in [-0.2, 0) is 6.54 Å². The minimum absolute atomic E-state index is 0. The van der Waals surface area contributed by atoms with Gasteiger partial charge in [0.15, 0.2) is 6.54 Å². The Bertz CT molecular complexity index is 364. The van der Waals surface area contributed by atoms with Gasteiger partial charge in [0.05, 0.1) is 6.20 Å². The molecule has 0 saturated heterocycles. The van der Waals surface area contributed by atoms with Gasteiger partial charge in [0.25, 0.3) is 5.82 Å². The van der Waals surface area contributed by atoms with Gasteiger partial charge in [0.2, 0.25) is 0 Å². The summed E-state index contributed by atoms with van der Waals surface area (Å²) in [6.07, 6.45) is 9.93. The molecule has 1 fully saturated rings. The van der Waals surface area contributed by atoms with Gasteiger partial charge in [-0.3, -0.25) is 5.73 Å². The van der Waals surface area contributed by atoms with Gasteiger partial charge in [-0.15, -0.1) is 6.42 Å². The molecule has 1 saturated carbocycles. The van der Waals surface area contributed by atoms with Crippen molar-refractivity contribution in [3.8, 4) is 12.3 Å². The lowest BCUT2D eigenvalue weighted by Crippen LogP contribution is -3.00. The highest BCUT2D eigenvalue weighted by Crippen LogP contribution is 2.39. The first-order valence-corrected chi connectivity index (χ1v) is 4.53. The van der Waals surface area contributed by atoms with Crippen molar-refractivity contribution < 1.29 is 21.5 Å². The molecule has 74 valence electrons. The summed E-state index contributed by atoms with van der Waals surface area (Å²) in [4.78, 5) is 0. The first kappa shape index (κ1) is 11.1. The molecule has 1 aliphatic rings. The number of nitrogens with two attached hydrogens (primary N) is 1. The Morgan fingerprint density at radius 3 is 2.79 bits per heavy atom. The summed E-state index contributed by atoms with van der Waals surface area (Å²) in [7, 11) is 0. The Morgan fingerprint density at radius 1 is 1.50 bits per heavy atom. The van der Waals surface area contributed by atoms with Crippen LogP contribution in [0.25, 0.3) is 0 Å². The molecule has 0 unspecified atom stereocenters. The third-order valence-electron chi connectivity index (χ3n) is 2.39. The summed E-state index contributed by atoms with van der Waals surface area (Å²) in [5, 5.41) is 0. The molecule has 0 spiro atoms. The first-order valence-electron chi connectivity index (χ1n) is 4.53. The van der Waals surface area contributed by atoms with Crippen LogP contribution in [0.15, 0.2) is 18.3 Å². The van der Waals surface area contributed by atoms with Gasteiger partial charge in [-0.1, -0.05) is 5.92 Å². The van der Waals surface area contributed by atoms with Crippen molar-refractivity contribution in [1.29, 1.82) is 0 Å². The summed E-state index contributed by atoms with van der Waals surface area (Å²) >= 11 is 0. The molecule has 0 atom stereocenters. The van der Waals surface area contributed by atoms with Crippen molar-refractivity contribution in [2.24, 2.45) is 0 Å². The summed E-state index contributed by atoms with van der Waals surface area (Å²) in [6.45, 7) is 0.562. The predicted octanol–water partition coefficient (Wildman–Crippen LogP) is -1.93. The number of halogens is 1. The van der Waals surface area contributed by atoms with E-state index < -0.39 is 0 Å². The van der Waals surface area contributed by atoms with E-state index in [0.717, 1.165) is 11.7 Å². The zero-order valence-corrected chi connectivity index (χ0v) is 9.50. The van der Waals surface area contributed by atoms with Crippen molar-refractivity contribution in [3.05, 3.63) is 23.9 Å². The van der Waals surface area contributed by atoms with E-state index in [2.05, 4.69) is 18.2 Å². The number of rotatable bonds is 2. The van der Waals surface area contributed by atoms with E-state index in [0.29, 0.717) is 6.54 Å². The van der Waals surface area contributed by atoms with E-state index in [1.54, 1.807) is 0 Å². The smallest absolute Gasteiger partial charge is 0.273 e. The van der Waals surface area contributed by atoms with Crippen molar-refractivity contribution >= 4 is 5.82 Å². The molecule has 1 aromatic heterocycles. The molecule has 1 aromatic rings. The number of hydrogen-bond acceptors (Lipinski definition) is 1. The number of aromatic nitrogens is 1. The predicted molar refractivity (Wildman–Crippen MR) is 51.9 cm³/mol. The average molecular weight is 253 g/mol. The second-order valence-electron chi connectivity index (χ2n) is 3.49. The summed E-state index contributed by atoms with van der Waals surface area (Å²) in [5.41, 5.74) is 7.13. The lowest BCUT2D eigenvalue weighted by Gasteiger charge is -2.01. The second kappa shape index (κ2) is 4.47. The van der Waals surface area contributed by atoms with Gasteiger partial charge in [-0.05, 0) is 30.4 Å². The molecule has 1 aliphatic carbocycles. The fourth-order valence-electron chi connectivity index (χ4n) is 1.47. The summed E-state index contributed by atoms with van der Waals surface area (Å²) in [6, 6.07) is 4.03. The maximum atomic E-state index is 5.76. The maximum Gasteiger partial charge on any atom is 0.273 e. The van der Waals surface area contributed by atoms with Gasteiger partial charge in [0.1, 0.15) is 0 Å². The monoisotopic (exact) mass is 252 g/mol. The zero-order chi connectivity index (χ0) is 9.26. The highest BCUT2D eigenvalue weighted by molar-refractivity contribution is 5.27. The minimum atomic E-state index is 0. The SMILES string of the molecule is C#CC[n+]1cc(C2CC2)ccc1N.[Br-]. The van der Waals surface area contributed by atoms with Crippen LogP contribution in [0, 0.1) is 12.3 Å². The molecule has 0 amide bonds. The van der Waals surface area contributed by atoms with Gasteiger partial charge in [-0.2, -0.15) is 0 Å². The van der Waals surface area contributed by atoms with Crippen LogP contribution < -0.4 is 27.3 Å². The molecule has 2 rings (SSSR count). The summed E-state index contributed by atoms with van der Waals surface area (Å²) < 4.78 is 1.92. The van der Waals surface area contributed by atoms with E-state index >= 15 is 0 Å². The average Bonchev–Trinajstić information content (AvgIpc) is 2.92. The third kappa shape index (κ3) is 2.27. The van der Waals surface area contributed by atoms with Crippen LogP contribution in [-0.4, -0.2) is 0 Å². The highest BCUT2D eigenvalue weighted by atomic mass is 79.9. The van der Waals surface area contributed by atoms with Crippen molar-refractivity contribution in [1.82, 2.24) is 0 Å². The Labute approximate surface area is 94.9 Å². The van der Waals surface area contributed by atoms with E-state index in [9.17, 15) is 0 Å². The molecule has 0 aliphatic heterocycles. The Morgan fingerprint density at radius 2 is 2.21 bits per heavy atom. The zero-order valence-electron chi connectivity index (χ0n) is 7.91. The molecule has 0 bridgehead atoms. The lowest BCUT2D eigenvalue weighted by atomic mass is 10.2. The van der Waals surface area contributed by atoms with Crippen LogP contribution in [0.2, 0.25) is 0 Å². The molecular formula is C11H13BrN2. The van der Waals surface area contributed by atoms with E-state index in [1.807, 2.05) is 10.6 Å². The largest absolute Gasteiger partial charge is 1.00 e. The molecular weight excluding hydrogens is 240 g/mol. The second-order valence-corrected chi connectivity index (χ2v) is 3.49. The number of anilines is 1. The van der Waals surface area contributed by atoms with Crippen LogP contribution >= 0.6 is 0 Å². The molecule has 2 N–H and O–H groups in total. The third-order valence-corrected chi connectivity index (χ3v) is 2.39. The number of nitrogen functional groups attached to an aromatic ring is 1. The van der Waals surface area contributed by atoms with Crippen molar-refractivity contribution in [3.63, 3.8) is 0 Å². The number of terminal acetylenes is 1. The Kier molecular flexibility index (Phi) is 3.54. The van der Waals surface area contributed by atoms with Gasteiger partial charge in [0, 0.05) is 6.07 Å². The van der Waals surface area contributed by atoms with Gasteiger partial charge < -0.3 is 17.0 Å².